The Kier molecular flexibility index (Phi) is 3.52. The van der Waals surface area contributed by atoms with Crippen LogP contribution in [0.4, 0.5) is 13.2 Å². The zero-order valence-electron chi connectivity index (χ0n) is 10.7. The number of rotatable bonds is 2. The highest BCUT2D eigenvalue weighted by atomic mass is 19.4. The Morgan fingerprint density at radius 2 is 2.00 bits per heavy atom. The van der Waals surface area contributed by atoms with E-state index < -0.39 is 17.3 Å². The van der Waals surface area contributed by atoms with Gasteiger partial charge in [-0.15, -0.1) is 0 Å². The minimum absolute atomic E-state index is 0.0400. The first-order valence-corrected chi connectivity index (χ1v) is 5.62. The van der Waals surface area contributed by atoms with Crippen LogP contribution in [0.1, 0.15) is 5.56 Å². The second-order valence-electron chi connectivity index (χ2n) is 4.10. The van der Waals surface area contributed by atoms with Crippen molar-refractivity contribution in [3.8, 4) is 16.9 Å². The van der Waals surface area contributed by atoms with Crippen molar-refractivity contribution in [3.63, 3.8) is 0 Å². The average molecular weight is 284 g/mol. The number of hydrogen-bond acceptors (Lipinski definition) is 3. The Labute approximate surface area is 112 Å². The van der Waals surface area contributed by atoms with Gasteiger partial charge < -0.3 is 4.74 Å². The van der Waals surface area contributed by atoms with Gasteiger partial charge in [0.1, 0.15) is 0 Å². The van der Waals surface area contributed by atoms with E-state index in [1.807, 2.05) is 0 Å². The summed E-state index contributed by atoms with van der Waals surface area (Å²) in [6.45, 7) is 0. The van der Waals surface area contributed by atoms with E-state index in [1.165, 1.54) is 32.5 Å². The molecule has 0 amide bonds. The number of nitrogens with zero attached hydrogens (tertiary/aromatic N) is 2. The molecule has 1 aromatic heterocycles. The highest BCUT2D eigenvalue weighted by Crippen LogP contribution is 2.33. The zero-order valence-corrected chi connectivity index (χ0v) is 10.7. The van der Waals surface area contributed by atoms with Crippen LogP contribution in [0.2, 0.25) is 0 Å². The van der Waals surface area contributed by atoms with Crippen molar-refractivity contribution >= 4 is 0 Å². The molecule has 4 nitrogen and oxygen atoms in total. The fraction of sp³-hybridized carbons (Fsp3) is 0.231. The third kappa shape index (κ3) is 2.52. The summed E-state index contributed by atoms with van der Waals surface area (Å²) in [7, 11) is 2.72. The van der Waals surface area contributed by atoms with Gasteiger partial charge in [-0.3, -0.25) is 4.79 Å². The van der Waals surface area contributed by atoms with Crippen molar-refractivity contribution in [2.45, 2.75) is 6.18 Å². The van der Waals surface area contributed by atoms with Gasteiger partial charge in [-0.25, -0.2) is 4.68 Å². The largest absolute Gasteiger partial charge is 0.491 e. The first-order chi connectivity index (χ1) is 9.34. The van der Waals surface area contributed by atoms with Crippen LogP contribution in [0.3, 0.4) is 0 Å². The zero-order chi connectivity index (χ0) is 14.9. The van der Waals surface area contributed by atoms with Crippen LogP contribution in [-0.4, -0.2) is 16.9 Å². The Morgan fingerprint density at radius 3 is 2.60 bits per heavy atom. The van der Waals surface area contributed by atoms with E-state index in [2.05, 4.69) is 5.10 Å². The monoisotopic (exact) mass is 284 g/mol. The van der Waals surface area contributed by atoms with E-state index >= 15 is 0 Å². The van der Waals surface area contributed by atoms with Crippen molar-refractivity contribution in [3.05, 3.63) is 46.4 Å². The van der Waals surface area contributed by atoms with Crippen molar-refractivity contribution in [1.29, 1.82) is 0 Å². The maximum atomic E-state index is 12.7. The molecule has 2 aromatic rings. The minimum Gasteiger partial charge on any atom is -0.491 e. The molecule has 0 aliphatic rings. The quantitative estimate of drug-likeness (QED) is 0.851. The van der Waals surface area contributed by atoms with Crippen molar-refractivity contribution in [2.24, 2.45) is 7.05 Å². The second-order valence-corrected chi connectivity index (χ2v) is 4.10. The van der Waals surface area contributed by atoms with Gasteiger partial charge in [0.15, 0.2) is 5.75 Å². The number of methoxy groups -OCH3 is 1. The van der Waals surface area contributed by atoms with Crippen LogP contribution < -0.4 is 10.3 Å². The van der Waals surface area contributed by atoms with Crippen LogP contribution in [0.25, 0.3) is 11.1 Å². The molecule has 0 aliphatic heterocycles. The lowest BCUT2D eigenvalue weighted by Crippen LogP contribution is -2.21. The molecule has 0 saturated heterocycles. The number of hydrogen-bond donors (Lipinski definition) is 0. The number of halogens is 3. The molecule has 0 aliphatic carbocycles. The fourth-order valence-electron chi connectivity index (χ4n) is 1.78. The molecule has 1 heterocycles. The Hall–Kier alpha value is -2.31. The van der Waals surface area contributed by atoms with E-state index in [0.29, 0.717) is 0 Å². The lowest BCUT2D eigenvalue weighted by Gasteiger charge is -2.11. The van der Waals surface area contributed by atoms with Crippen molar-refractivity contribution in [2.75, 3.05) is 7.11 Å². The fourth-order valence-corrected chi connectivity index (χ4v) is 1.78. The van der Waals surface area contributed by atoms with Crippen molar-refractivity contribution < 1.29 is 17.9 Å². The van der Waals surface area contributed by atoms with Crippen LogP contribution in [0, 0.1) is 0 Å². The molecule has 0 N–H and O–H groups in total. The molecule has 0 fully saturated rings. The van der Waals surface area contributed by atoms with Gasteiger partial charge in [0, 0.05) is 12.6 Å². The number of ether oxygens (including phenoxy) is 1. The molecule has 0 spiro atoms. The van der Waals surface area contributed by atoms with Gasteiger partial charge in [-0.2, -0.15) is 18.3 Å². The molecule has 2 rings (SSSR count). The van der Waals surface area contributed by atoms with Crippen molar-refractivity contribution in [1.82, 2.24) is 9.78 Å². The third-order valence-corrected chi connectivity index (χ3v) is 2.80. The first kappa shape index (κ1) is 14.1. The Morgan fingerprint density at radius 1 is 1.30 bits per heavy atom. The SMILES string of the molecule is COc1c(-c2cccc(C(F)(F)F)c2)cnn(C)c1=O. The molecule has 0 saturated carbocycles. The Bertz CT molecular complexity index is 693. The summed E-state index contributed by atoms with van der Waals surface area (Å²) < 4.78 is 44.1. The van der Waals surface area contributed by atoms with Gasteiger partial charge in [-0.1, -0.05) is 12.1 Å². The highest BCUT2D eigenvalue weighted by Gasteiger charge is 2.30. The van der Waals surface area contributed by atoms with E-state index in [4.69, 9.17) is 4.74 Å². The third-order valence-electron chi connectivity index (χ3n) is 2.80. The number of benzene rings is 1. The molecule has 1 aromatic carbocycles. The summed E-state index contributed by atoms with van der Waals surface area (Å²) >= 11 is 0. The number of alkyl halides is 3. The van der Waals surface area contributed by atoms with Gasteiger partial charge >= 0.3 is 11.7 Å². The molecule has 7 heteroatoms. The van der Waals surface area contributed by atoms with Gasteiger partial charge in [0.25, 0.3) is 0 Å². The van der Waals surface area contributed by atoms with Gasteiger partial charge in [-0.05, 0) is 17.7 Å². The van der Waals surface area contributed by atoms with E-state index in [0.717, 1.165) is 16.8 Å². The smallest absolute Gasteiger partial charge is 0.416 e. The van der Waals surface area contributed by atoms with E-state index in [1.54, 1.807) is 0 Å². The first-order valence-electron chi connectivity index (χ1n) is 5.62. The van der Waals surface area contributed by atoms with Crippen LogP contribution in [-0.2, 0) is 13.2 Å². The molecule has 0 atom stereocenters. The average Bonchev–Trinajstić information content (AvgIpc) is 2.41. The highest BCUT2D eigenvalue weighted by molar-refractivity contribution is 5.69. The molecule has 106 valence electrons. The molecular formula is C13H11F3N2O2. The molecular weight excluding hydrogens is 273 g/mol. The van der Waals surface area contributed by atoms with Gasteiger partial charge in [0.2, 0.25) is 0 Å². The summed E-state index contributed by atoms with van der Waals surface area (Å²) in [6.07, 6.45) is -3.15. The van der Waals surface area contributed by atoms with Crippen LogP contribution in [0.5, 0.6) is 5.75 Å². The molecule has 0 radical (unpaired) electrons. The van der Waals surface area contributed by atoms with Crippen LogP contribution in [0.15, 0.2) is 35.3 Å². The standard InChI is InChI=1S/C13H11F3N2O2/c1-18-12(19)11(20-2)10(7-17-18)8-4-3-5-9(6-8)13(14,15)16/h3-7H,1-2H3. The summed E-state index contributed by atoms with van der Waals surface area (Å²) in [6, 6.07) is 4.66. The van der Waals surface area contributed by atoms with Gasteiger partial charge in [0.05, 0.1) is 18.9 Å². The predicted molar refractivity (Wildman–Crippen MR) is 66.5 cm³/mol. The molecule has 20 heavy (non-hydrogen) atoms. The summed E-state index contributed by atoms with van der Waals surface area (Å²) in [4.78, 5) is 11.8. The van der Waals surface area contributed by atoms with E-state index in [-0.39, 0.29) is 16.9 Å². The second kappa shape index (κ2) is 4.99. The minimum atomic E-state index is -4.45. The van der Waals surface area contributed by atoms with Crippen LogP contribution >= 0.6 is 0 Å². The maximum absolute atomic E-state index is 12.7. The lowest BCUT2D eigenvalue weighted by molar-refractivity contribution is -0.137. The molecule has 0 unspecified atom stereocenters. The topological polar surface area (TPSA) is 44.1 Å². The molecule has 0 bridgehead atoms. The predicted octanol–water partition coefficient (Wildman–Crippen LogP) is 2.47. The Balaban J connectivity index is 2.64. The summed E-state index contributed by atoms with van der Waals surface area (Å²) in [5.74, 6) is -0.0400. The lowest BCUT2D eigenvalue weighted by atomic mass is 10.0. The number of aromatic nitrogens is 2. The summed E-state index contributed by atoms with van der Waals surface area (Å²) in [5, 5.41) is 3.80. The maximum Gasteiger partial charge on any atom is 0.416 e. The summed E-state index contributed by atoms with van der Waals surface area (Å²) in [5.41, 5.74) is -0.858. The normalized spacial score (nSPS) is 11.4. The van der Waals surface area contributed by atoms with E-state index in [9.17, 15) is 18.0 Å². The number of aryl methyl sites for hydroxylation is 1.